The zero-order valence-corrected chi connectivity index (χ0v) is 16.3. The number of rotatable bonds is 7. The summed E-state index contributed by atoms with van der Waals surface area (Å²) in [6.45, 7) is 1.98. The molecule has 2 rings (SSSR count). The largest absolute Gasteiger partial charge is 0.325 e. The van der Waals surface area contributed by atoms with Crippen LogP contribution in [0.2, 0.25) is 5.02 Å². The van der Waals surface area contributed by atoms with E-state index in [1.165, 1.54) is 16.3 Å². The minimum absolute atomic E-state index is 0.186. The maximum atomic E-state index is 12.3. The third-order valence-electron chi connectivity index (χ3n) is 4.32. The number of nitrogens with one attached hydrogen (secondary N) is 1. The van der Waals surface area contributed by atoms with Crippen molar-refractivity contribution in [3.63, 3.8) is 0 Å². The summed E-state index contributed by atoms with van der Waals surface area (Å²) in [5.74, 6) is -0.353. The Kier molecular flexibility index (Phi) is 7.04. The Morgan fingerprint density at radius 3 is 2.68 bits per heavy atom. The average molecular weight is 385 g/mol. The topological polar surface area (TPSA) is 66.5 Å². The number of aryl methyl sites for hydroxylation is 1. The molecule has 1 N–H and O–H groups in total. The molecular formula is C18H25ClN2O3S. The zero-order valence-electron chi connectivity index (χ0n) is 14.7. The molecule has 0 unspecified atom stereocenters. The van der Waals surface area contributed by atoms with E-state index in [9.17, 15) is 13.2 Å². The highest BCUT2D eigenvalue weighted by Crippen LogP contribution is 2.21. The SMILES string of the molecule is Cc1cc(Cl)ccc1NC(=O)CN(CCC1=CCCCC1)S(C)(=O)=O. The lowest BCUT2D eigenvalue weighted by atomic mass is 9.97. The van der Waals surface area contributed by atoms with Crippen LogP contribution >= 0.6 is 11.6 Å². The number of sulfonamides is 1. The van der Waals surface area contributed by atoms with Crippen molar-refractivity contribution >= 4 is 33.2 Å². The summed E-state index contributed by atoms with van der Waals surface area (Å²) in [6.07, 6.45) is 8.45. The van der Waals surface area contributed by atoms with Gasteiger partial charge in [0, 0.05) is 17.3 Å². The van der Waals surface area contributed by atoms with E-state index in [-0.39, 0.29) is 12.5 Å². The van der Waals surface area contributed by atoms with Gasteiger partial charge in [0.2, 0.25) is 15.9 Å². The first-order chi connectivity index (χ1) is 11.8. The first-order valence-electron chi connectivity index (χ1n) is 8.45. The second kappa shape index (κ2) is 8.83. The molecule has 0 aliphatic heterocycles. The first-order valence-corrected chi connectivity index (χ1v) is 10.7. The Morgan fingerprint density at radius 1 is 1.32 bits per heavy atom. The van der Waals surface area contributed by atoms with Gasteiger partial charge in [-0.1, -0.05) is 23.3 Å². The van der Waals surface area contributed by atoms with Gasteiger partial charge in [0.05, 0.1) is 12.8 Å². The molecule has 0 fully saturated rings. The zero-order chi connectivity index (χ0) is 18.4. The number of anilines is 1. The van der Waals surface area contributed by atoms with Crippen molar-refractivity contribution in [1.29, 1.82) is 0 Å². The summed E-state index contributed by atoms with van der Waals surface area (Å²) in [5.41, 5.74) is 2.76. The standard InChI is InChI=1S/C18H25ClN2O3S/c1-14-12-16(19)8-9-17(14)20-18(22)13-21(25(2,23)24)11-10-15-6-4-3-5-7-15/h6,8-9,12H,3-5,7,10-11,13H2,1-2H3,(H,20,22). The summed E-state index contributed by atoms with van der Waals surface area (Å²) in [6, 6.07) is 5.16. The van der Waals surface area contributed by atoms with Crippen molar-refractivity contribution in [1.82, 2.24) is 4.31 Å². The molecule has 0 heterocycles. The van der Waals surface area contributed by atoms with Gasteiger partial charge in [0.1, 0.15) is 0 Å². The van der Waals surface area contributed by atoms with Gasteiger partial charge in [-0.3, -0.25) is 4.79 Å². The van der Waals surface area contributed by atoms with Crippen molar-refractivity contribution in [3.8, 4) is 0 Å². The Labute approximate surface area is 155 Å². The van der Waals surface area contributed by atoms with Crippen molar-refractivity contribution < 1.29 is 13.2 Å². The number of amides is 1. The van der Waals surface area contributed by atoms with Crippen LogP contribution in [0, 0.1) is 6.92 Å². The number of benzene rings is 1. The Hall–Kier alpha value is -1.37. The van der Waals surface area contributed by atoms with Crippen LogP contribution in [0.4, 0.5) is 5.69 Å². The molecule has 0 radical (unpaired) electrons. The van der Waals surface area contributed by atoms with Gasteiger partial charge in [-0.05, 0) is 62.8 Å². The quantitative estimate of drug-likeness (QED) is 0.728. The fourth-order valence-corrected chi connectivity index (χ4v) is 3.88. The summed E-state index contributed by atoms with van der Waals surface area (Å²) in [4.78, 5) is 12.3. The van der Waals surface area contributed by atoms with E-state index >= 15 is 0 Å². The highest BCUT2D eigenvalue weighted by molar-refractivity contribution is 7.88. The fraction of sp³-hybridized carbons (Fsp3) is 0.500. The Morgan fingerprint density at radius 2 is 2.08 bits per heavy atom. The second-order valence-corrected chi connectivity index (χ2v) is 8.88. The molecule has 0 saturated heterocycles. The predicted octanol–water partition coefficient (Wildman–Crippen LogP) is 3.74. The van der Waals surface area contributed by atoms with E-state index < -0.39 is 10.0 Å². The highest BCUT2D eigenvalue weighted by Gasteiger charge is 2.21. The third-order valence-corrected chi connectivity index (χ3v) is 5.80. The van der Waals surface area contributed by atoms with Crippen molar-refractivity contribution in [2.24, 2.45) is 0 Å². The molecule has 1 aliphatic carbocycles. The third kappa shape index (κ3) is 6.45. The molecule has 0 bridgehead atoms. The molecule has 0 atom stereocenters. The van der Waals surface area contributed by atoms with E-state index in [1.54, 1.807) is 18.2 Å². The van der Waals surface area contributed by atoms with Crippen LogP contribution < -0.4 is 5.32 Å². The van der Waals surface area contributed by atoms with Gasteiger partial charge < -0.3 is 5.32 Å². The highest BCUT2D eigenvalue weighted by atomic mass is 35.5. The molecule has 0 aromatic heterocycles. The molecule has 25 heavy (non-hydrogen) atoms. The van der Waals surface area contributed by atoms with Crippen LogP contribution in [0.15, 0.2) is 29.8 Å². The van der Waals surface area contributed by atoms with Gasteiger partial charge in [-0.25, -0.2) is 8.42 Å². The van der Waals surface area contributed by atoms with Crippen LogP contribution in [0.5, 0.6) is 0 Å². The fourth-order valence-electron chi connectivity index (χ4n) is 2.88. The lowest BCUT2D eigenvalue weighted by Gasteiger charge is -2.21. The Balaban J connectivity index is 1.98. The van der Waals surface area contributed by atoms with Gasteiger partial charge in [-0.15, -0.1) is 0 Å². The summed E-state index contributed by atoms with van der Waals surface area (Å²) in [7, 11) is -3.45. The van der Waals surface area contributed by atoms with Crippen molar-refractivity contribution in [3.05, 3.63) is 40.4 Å². The first kappa shape index (κ1) is 19.9. The smallest absolute Gasteiger partial charge is 0.239 e. The van der Waals surface area contributed by atoms with E-state index in [1.807, 2.05) is 6.92 Å². The number of allylic oxidation sites excluding steroid dienone is 1. The van der Waals surface area contributed by atoms with E-state index in [4.69, 9.17) is 11.6 Å². The molecule has 1 amide bonds. The van der Waals surface area contributed by atoms with Crippen LogP contribution in [-0.4, -0.2) is 38.0 Å². The second-order valence-electron chi connectivity index (χ2n) is 6.46. The van der Waals surface area contributed by atoms with Crippen LogP contribution in [0.25, 0.3) is 0 Å². The molecule has 0 saturated carbocycles. The lowest BCUT2D eigenvalue weighted by molar-refractivity contribution is -0.116. The van der Waals surface area contributed by atoms with Crippen LogP contribution in [0.1, 0.15) is 37.7 Å². The molecule has 1 aromatic carbocycles. The Bertz CT molecular complexity index is 760. The van der Waals surface area contributed by atoms with Gasteiger partial charge in [0.15, 0.2) is 0 Å². The molecule has 7 heteroatoms. The lowest BCUT2D eigenvalue weighted by Crippen LogP contribution is -2.38. The van der Waals surface area contributed by atoms with E-state index in [0.717, 1.165) is 31.1 Å². The normalized spacial score (nSPS) is 15.1. The molecule has 1 aromatic rings. The number of carbonyl (C=O) groups excluding carboxylic acids is 1. The maximum Gasteiger partial charge on any atom is 0.239 e. The predicted molar refractivity (Wildman–Crippen MR) is 102 cm³/mol. The van der Waals surface area contributed by atoms with Crippen molar-refractivity contribution in [2.75, 3.05) is 24.7 Å². The van der Waals surface area contributed by atoms with Gasteiger partial charge in [0.25, 0.3) is 0 Å². The van der Waals surface area contributed by atoms with Gasteiger partial charge >= 0.3 is 0 Å². The molecule has 0 spiro atoms. The number of halogens is 1. The van der Waals surface area contributed by atoms with Crippen molar-refractivity contribution in [2.45, 2.75) is 39.0 Å². The van der Waals surface area contributed by atoms with Crippen LogP contribution in [0.3, 0.4) is 0 Å². The minimum Gasteiger partial charge on any atom is -0.325 e. The monoisotopic (exact) mass is 384 g/mol. The van der Waals surface area contributed by atoms with Crippen LogP contribution in [-0.2, 0) is 14.8 Å². The summed E-state index contributed by atoms with van der Waals surface area (Å²) >= 11 is 5.91. The molecular weight excluding hydrogens is 360 g/mol. The number of hydrogen-bond acceptors (Lipinski definition) is 3. The molecule has 138 valence electrons. The van der Waals surface area contributed by atoms with E-state index in [0.29, 0.717) is 23.7 Å². The average Bonchev–Trinajstić information content (AvgIpc) is 2.54. The number of carbonyl (C=O) groups is 1. The summed E-state index contributed by atoms with van der Waals surface area (Å²) < 4.78 is 25.3. The molecule has 5 nitrogen and oxygen atoms in total. The summed E-state index contributed by atoms with van der Waals surface area (Å²) in [5, 5.41) is 3.35. The maximum absolute atomic E-state index is 12.3. The minimum atomic E-state index is -3.45. The van der Waals surface area contributed by atoms with Gasteiger partial charge in [-0.2, -0.15) is 4.31 Å². The number of nitrogens with zero attached hydrogens (tertiary/aromatic N) is 1. The molecule has 1 aliphatic rings. The van der Waals surface area contributed by atoms with E-state index in [2.05, 4.69) is 11.4 Å². The number of hydrogen-bond donors (Lipinski definition) is 1.